The van der Waals surface area contributed by atoms with Crippen molar-refractivity contribution in [2.45, 2.75) is 25.2 Å². The predicted octanol–water partition coefficient (Wildman–Crippen LogP) is 1.90. The average Bonchev–Trinajstić information content (AvgIpc) is 3.17. The van der Waals surface area contributed by atoms with Gasteiger partial charge in [-0.05, 0) is 38.3 Å². The molecule has 5 nitrogen and oxygen atoms in total. The molecule has 2 rings (SSSR count). The van der Waals surface area contributed by atoms with Crippen molar-refractivity contribution in [1.29, 1.82) is 0 Å². The van der Waals surface area contributed by atoms with E-state index in [1.54, 1.807) is 19.1 Å². The lowest BCUT2D eigenvalue weighted by Gasteiger charge is -2.05. The van der Waals surface area contributed by atoms with E-state index in [-0.39, 0.29) is 29.3 Å². The molecule has 1 aliphatic rings. The normalized spacial score (nSPS) is 21.5. The lowest BCUT2D eigenvalue weighted by molar-refractivity contribution is -0.145. The maximum Gasteiger partial charge on any atom is 0.309 e. The van der Waals surface area contributed by atoms with Crippen LogP contribution in [-0.2, 0) is 23.8 Å². The molecule has 0 spiro atoms. The highest BCUT2D eigenvalue weighted by atomic mass is 32.2. The Bertz CT molecular complexity index is 576. The Morgan fingerprint density at radius 3 is 2.55 bits per heavy atom. The molecule has 0 heterocycles. The summed E-state index contributed by atoms with van der Waals surface area (Å²) in [5.41, 5.74) is 0.980. The fraction of sp³-hybridized carbons (Fsp3) is 0.500. The molecule has 2 unspecified atom stereocenters. The molecule has 0 saturated heterocycles. The van der Waals surface area contributed by atoms with Gasteiger partial charge in [0, 0.05) is 0 Å². The average molecular weight is 298 g/mol. The van der Waals surface area contributed by atoms with Crippen LogP contribution < -0.4 is 0 Å². The molecule has 0 bridgehead atoms. The largest absolute Gasteiger partial charge is 0.466 e. The van der Waals surface area contributed by atoms with Gasteiger partial charge in [-0.1, -0.05) is 17.7 Å². The zero-order valence-electron chi connectivity index (χ0n) is 11.5. The van der Waals surface area contributed by atoms with Crippen LogP contribution in [0.15, 0.2) is 29.2 Å². The second kappa shape index (κ2) is 5.93. The van der Waals surface area contributed by atoms with Crippen molar-refractivity contribution in [2.24, 2.45) is 11.8 Å². The Balaban J connectivity index is 1.88. The molecule has 1 saturated carbocycles. The minimum Gasteiger partial charge on any atom is -0.466 e. The third kappa shape index (κ3) is 3.58. The molecule has 0 amide bonds. The van der Waals surface area contributed by atoms with Crippen molar-refractivity contribution in [3.63, 3.8) is 0 Å². The van der Waals surface area contributed by atoms with E-state index in [2.05, 4.69) is 0 Å². The fourth-order valence-electron chi connectivity index (χ4n) is 1.92. The Hall–Kier alpha value is -1.40. The maximum atomic E-state index is 11.9. The van der Waals surface area contributed by atoms with Crippen LogP contribution in [0.3, 0.4) is 0 Å². The summed E-state index contributed by atoms with van der Waals surface area (Å²) in [6.07, 6.45) is 0.627. The maximum absolute atomic E-state index is 11.9. The van der Waals surface area contributed by atoms with Gasteiger partial charge in [0.2, 0.25) is 0 Å². The van der Waals surface area contributed by atoms with Crippen molar-refractivity contribution in [1.82, 2.24) is 0 Å². The first-order valence-electron chi connectivity index (χ1n) is 6.56. The molecule has 110 valence electrons. The summed E-state index contributed by atoms with van der Waals surface area (Å²) in [5, 5.41) is 0. The summed E-state index contributed by atoms with van der Waals surface area (Å²) in [6, 6.07) is 6.46. The van der Waals surface area contributed by atoms with Crippen LogP contribution in [0, 0.1) is 18.8 Å². The van der Waals surface area contributed by atoms with Crippen molar-refractivity contribution in [3.8, 4) is 0 Å². The molecule has 0 aromatic heterocycles. The minimum absolute atomic E-state index is 0.0275. The molecular formula is C14H18O5S. The first kappa shape index (κ1) is 15.0. The number of carbonyl (C=O) groups excluding carboxylic acids is 1. The zero-order valence-corrected chi connectivity index (χ0v) is 12.4. The predicted molar refractivity (Wildman–Crippen MR) is 72.5 cm³/mol. The van der Waals surface area contributed by atoms with Crippen LogP contribution >= 0.6 is 0 Å². The van der Waals surface area contributed by atoms with E-state index in [1.165, 1.54) is 12.1 Å². The lowest BCUT2D eigenvalue weighted by atomic mass is 10.2. The topological polar surface area (TPSA) is 69.7 Å². The number of hydrogen-bond acceptors (Lipinski definition) is 5. The van der Waals surface area contributed by atoms with E-state index >= 15 is 0 Å². The molecule has 0 radical (unpaired) electrons. The summed E-state index contributed by atoms with van der Waals surface area (Å²) in [5.74, 6) is -0.550. The van der Waals surface area contributed by atoms with Crippen LogP contribution in [0.25, 0.3) is 0 Å². The second-order valence-corrected chi connectivity index (χ2v) is 6.52. The van der Waals surface area contributed by atoms with Crippen LogP contribution in [0.1, 0.15) is 18.9 Å². The summed E-state index contributed by atoms with van der Waals surface area (Å²) in [4.78, 5) is 11.6. The monoisotopic (exact) mass is 298 g/mol. The molecule has 2 atom stereocenters. The van der Waals surface area contributed by atoms with E-state index in [0.29, 0.717) is 13.0 Å². The van der Waals surface area contributed by atoms with Crippen molar-refractivity contribution in [3.05, 3.63) is 29.8 Å². The molecule has 1 aromatic rings. The van der Waals surface area contributed by atoms with Crippen LogP contribution in [0.2, 0.25) is 0 Å². The van der Waals surface area contributed by atoms with Gasteiger partial charge in [0.25, 0.3) is 10.1 Å². The molecule has 20 heavy (non-hydrogen) atoms. The third-order valence-corrected chi connectivity index (χ3v) is 4.55. The molecule has 1 aliphatic carbocycles. The van der Waals surface area contributed by atoms with Crippen molar-refractivity contribution in [2.75, 3.05) is 13.2 Å². The SMILES string of the molecule is CCOC(=O)C1CC1COS(=O)(=O)c1ccc(C)cc1. The number of ether oxygens (including phenoxy) is 1. The number of hydrogen-bond donors (Lipinski definition) is 0. The van der Waals surface area contributed by atoms with Crippen LogP contribution in [0.5, 0.6) is 0 Å². The highest BCUT2D eigenvalue weighted by molar-refractivity contribution is 7.86. The molecule has 1 fully saturated rings. The zero-order chi connectivity index (χ0) is 14.8. The van der Waals surface area contributed by atoms with Gasteiger partial charge in [0.05, 0.1) is 24.0 Å². The minimum atomic E-state index is -3.75. The number of aryl methyl sites for hydroxylation is 1. The summed E-state index contributed by atoms with van der Waals surface area (Å²) >= 11 is 0. The van der Waals surface area contributed by atoms with Gasteiger partial charge >= 0.3 is 5.97 Å². The first-order chi connectivity index (χ1) is 9.44. The Kier molecular flexibility index (Phi) is 4.45. The Morgan fingerprint density at radius 1 is 1.30 bits per heavy atom. The Labute approximate surface area is 119 Å². The van der Waals surface area contributed by atoms with Gasteiger partial charge in [0.15, 0.2) is 0 Å². The van der Waals surface area contributed by atoms with E-state index in [1.807, 2.05) is 6.92 Å². The van der Waals surface area contributed by atoms with Crippen molar-refractivity contribution >= 4 is 16.1 Å². The van der Waals surface area contributed by atoms with Gasteiger partial charge in [-0.3, -0.25) is 8.98 Å². The number of benzene rings is 1. The van der Waals surface area contributed by atoms with Gasteiger partial charge in [0.1, 0.15) is 0 Å². The second-order valence-electron chi connectivity index (χ2n) is 4.91. The fourth-order valence-corrected chi connectivity index (χ4v) is 2.88. The van der Waals surface area contributed by atoms with Gasteiger partial charge in [-0.25, -0.2) is 0 Å². The number of rotatable bonds is 6. The summed E-state index contributed by atoms with van der Waals surface area (Å²) < 4.78 is 33.8. The van der Waals surface area contributed by atoms with E-state index in [0.717, 1.165) is 5.56 Å². The molecule has 6 heteroatoms. The first-order valence-corrected chi connectivity index (χ1v) is 7.97. The van der Waals surface area contributed by atoms with E-state index in [4.69, 9.17) is 8.92 Å². The van der Waals surface area contributed by atoms with Crippen LogP contribution in [-0.4, -0.2) is 27.6 Å². The Morgan fingerprint density at radius 2 is 1.95 bits per heavy atom. The van der Waals surface area contributed by atoms with Gasteiger partial charge < -0.3 is 4.74 Å². The smallest absolute Gasteiger partial charge is 0.309 e. The van der Waals surface area contributed by atoms with Crippen molar-refractivity contribution < 1.29 is 22.1 Å². The molecular weight excluding hydrogens is 280 g/mol. The summed E-state index contributed by atoms with van der Waals surface area (Å²) in [7, 11) is -3.75. The quantitative estimate of drug-likeness (QED) is 0.592. The van der Waals surface area contributed by atoms with E-state index in [9.17, 15) is 13.2 Å². The highest BCUT2D eigenvalue weighted by Gasteiger charge is 2.45. The van der Waals surface area contributed by atoms with Gasteiger partial charge in [-0.2, -0.15) is 8.42 Å². The number of esters is 1. The molecule has 0 aliphatic heterocycles. The van der Waals surface area contributed by atoms with Gasteiger partial charge in [-0.15, -0.1) is 0 Å². The third-order valence-electron chi connectivity index (χ3n) is 3.26. The molecule has 0 N–H and O–H groups in total. The standard InChI is InChI=1S/C14H18O5S/c1-3-18-14(15)13-8-11(13)9-19-20(16,17)12-6-4-10(2)5-7-12/h4-7,11,13H,3,8-9H2,1-2H3. The highest BCUT2D eigenvalue weighted by Crippen LogP contribution is 2.40. The van der Waals surface area contributed by atoms with E-state index < -0.39 is 10.1 Å². The summed E-state index contributed by atoms with van der Waals surface area (Å²) in [6.45, 7) is 3.99. The number of carbonyl (C=O) groups is 1. The molecule has 1 aromatic carbocycles. The van der Waals surface area contributed by atoms with Crippen LogP contribution in [0.4, 0.5) is 0 Å². The lowest BCUT2D eigenvalue weighted by Crippen LogP contribution is -2.12.